The Kier molecular flexibility index (Phi) is 6.63. The second kappa shape index (κ2) is 8.55. The summed E-state index contributed by atoms with van der Waals surface area (Å²) in [5.74, 6) is -1.11. The van der Waals surface area contributed by atoms with Crippen LogP contribution in [0, 0.1) is 5.82 Å². The van der Waals surface area contributed by atoms with E-state index in [1.165, 1.54) is 45.5 Å². The molecule has 2 rings (SSSR count). The van der Waals surface area contributed by atoms with Crippen LogP contribution in [-0.4, -0.2) is 46.4 Å². The van der Waals surface area contributed by atoms with Gasteiger partial charge in [-0.25, -0.2) is 8.70 Å². The molecule has 0 spiro atoms. The van der Waals surface area contributed by atoms with Gasteiger partial charge in [-0.15, -0.1) is 0 Å². The monoisotopic (exact) mass is 415 g/mol. The molecule has 0 saturated heterocycles. The number of nitrogens with zero attached hydrogens (tertiary/aromatic N) is 2. The molecule has 0 heterocycles. The van der Waals surface area contributed by atoms with Gasteiger partial charge in [-0.2, -0.15) is 12.7 Å². The molecule has 0 aliphatic rings. The van der Waals surface area contributed by atoms with Gasteiger partial charge in [0.1, 0.15) is 18.1 Å². The van der Waals surface area contributed by atoms with E-state index in [-0.39, 0.29) is 11.4 Å². The Balaban J connectivity index is 2.35. The van der Waals surface area contributed by atoms with Crippen molar-refractivity contribution in [2.75, 3.05) is 37.4 Å². The van der Waals surface area contributed by atoms with Crippen LogP contribution in [0.5, 0.6) is 5.75 Å². The van der Waals surface area contributed by atoms with E-state index in [4.69, 9.17) is 16.3 Å². The molecule has 0 atom stereocenters. The zero-order valence-corrected chi connectivity index (χ0v) is 16.5. The molecule has 7 nitrogen and oxygen atoms in total. The number of carbonyl (C=O) groups excluding carboxylic acids is 1. The molecule has 0 radical (unpaired) electrons. The Labute approximate surface area is 162 Å². The van der Waals surface area contributed by atoms with E-state index in [0.717, 1.165) is 10.4 Å². The van der Waals surface area contributed by atoms with Crippen LogP contribution in [0.25, 0.3) is 0 Å². The van der Waals surface area contributed by atoms with E-state index >= 15 is 0 Å². The van der Waals surface area contributed by atoms with Gasteiger partial charge in [0.2, 0.25) is 5.91 Å². The second-order valence-corrected chi connectivity index (χ2v) is 8.14. The summed E-state index contributed by atoms with van der Waals surface area (Å²) in [4.78, 5) is 12.5. The largest absolute Gasteiger partial charge is 0.495 e. The number of anilines is 2. The Morgan fingerprint density at radius 2 is 1.89 bits per heavy atom. The van der Waals surface area contributed by atoms with E-state index in [0.29, 0.717) is 15.1 Å². The Morgan fingerprint density at radius 3 is 2.48 bits per heavy atom. The molecule has 2 aromatic carbocycles. The maximum atomic E-state index is 14.2. The first kappa shape index (κ1) is 20.9. The lowest BCUT2D eigenvalue weighted by Crippen LogP contribution is -2.44. The van der Waals surface area contributed by atoms with Crippen molar-refractivity contribution in [3.63, 3.8) is 0 Å². The number of amides is 1. The van der Waals surface area contributed by atoms with Crippen molar-refractivity contribution in [1.82, 2.24) is 4.31 Å². The third kappa shape index (κ3) is 4.88. The van der Waals surface area contributed by atoms with Crippen molar-refractivity contribution in [3.05, 3.63) is 53.3 Å². The fourth-order valence-electron chi connectivity index (χ4n) is 2.24. The predicted molar refractivity (Wildman–Crippen MR) is 103 cm³/mol. The summed E-state index contributed by atoms with van der Waals surface area (Å²) >= 11 is 5.92. The molecule has 0 aromatic heterocycles. The number of carbonyl (C=O) groups is 1. The highest BCUT2D eigenvalue weighted by Gasteiger charge is 2.29. The minimum absolute atomic E-state index is 0.237. The molecule has 2 aromatic rings. The van der Waals surface area contributed by atoms with E-state index in [1.54, 1.807) is 12.1 Å². The third-order valence-electron chi connectivity index (χ3n) is 3.58. The molecule has 0 unspecified atom stereocenters. The molecule has 0 fully saturated rings. The lowest BCUT2D eigenvalue weighted by molar-refractivity contribution is -0.114. The number of hydrogen-bond acceptors (Lipinski definition) is 4. The van der Waals surface area contributed by atoms with Crippen LogP contribution < -0.4 is 14.4 Å². The lowest BCUT2D eigenvalue weighted by Gasteiger charge is -2.27. The normalized spacial score (nSPS) is 11.3. The van der Waals surface area contributed by atoms with Gasteiger partial charge in [0, 0.05) is 19.1 Å². The number of nitrogens with one attached hydrogen (secondary N) is 1. The number of hydrogen-bond donors (Lipinski definition) is 1. The molecule has 27 heavy (non-hydrogen) atoms. The fraction of sp³-hybridized carbons (Fsp3) is 0.235. The first-order valence-corrected chi connectivity index (χ1v) is 9.52. The molecule has 0 bridgehead atoms. The van der Waals surface area contributed by atoms with Crippen molar-refractivity contribution in [2.24, 2.45) is 0 Å². The Morgan fingerprint density at radius 1 is 1.22 bits per heavy atom. The number of ether oxygens (including phenoxy) is 1. The van der Waals surface area contributed by atoms with Gasteiger partial charge in [0.15, 0.2) is 0 Å². The maximum absolute atomic E-state index is 14.2. The van der Waals surface area contributed by atoms with Crippen molar-refractivity contribution in [2.45, 2.75) is 0 Å². The van der Waals surface area contributed by atoms with E-state index in [2.05, 4.69) is 5.32 Å². The number of rotatable bonds is 7. The Hall–Kier alpha value is -2.36. The molecule has 10 heteroatoms. The van der Waals surface area contributed by atoms with E-state index in [1.807, 2.05) is 0 Å². The molecule has 146 valence electrons. The van der Waals surface area contributed by atoms with Crippen LogP contribution in [0.3, 0.4) is 0 Å². The summed E-state index contributed by atoms with van der Waals surface area (Å²) in [7, 11) is -0.114. The standard InChI is InChI=1S/C17H19ClFN3O4S/c1-21(2)27(24,25)22(15-7-5-4-6-13(15)19)11-17(23)20-14-10-12(18)8-9-16(14)26-3/h4-10H,11H2,1-3H3,(H,20,23). The first-order valence-electron chi connectivity index (χ1n) is 7.75. The maximum Gasteiger partial charge on any atom is 0.304 e. The van der Waals surface area contributed by atoms with Crippen LogP contribution in [0.2, 0.25) is 5.02 Å². The van der Waals surface area contributed by atoms with Gasteiger partial charge in [-0.1, -0.05) is 23.7 Å². The van der Waals surface area contributed by atoms with Crippen LogP contribution in [-0.2, 0) is 15.0 Å². The van der Waals surface area contributed by atoms with Crippen LogP contribution in [0.15, 0.2) is 42.5 Å². The Bertz CT molecular complexity index is 938. The van der Waals surface area contributed by atoms with Gasteiger partial charge in [-0.05, 0) is 30.3 Å². The highest BCUT2D eigenvalue weighted by atomic mass is 35.5. The second-order valence-electron chi connectivity index (χ2n) is 5.64. The summed E-state index contributed by atoms with van der Waals surface area (Å²) in [5, 5.41) is 2.90. The summed E-state index contributed by atoms with van der Waals surface area (Å²) in [6, 6.07) is 9.91. The smallest absolute Gasteiger partial charge is 0.304 e. The van der Waals surface area contributed by atoms with Crippen LogP contribution >= 0.6 is 11.6 Å². The van der Waals surface area contributed by atoms with Gasteiger partial charge < -0.3 is 10.1 Å². The zero-order valence-electron chi connectivity index (χ0n) is 14.9. The zero-order chi connectivity index (χ0) is 20.2. The number of benzene rings is 2. The van der Waals surface area contributed by atoms with Crippen molar-refractivity contribution in [1.29, 1.82) is 0 Å². The molecule has 0 aliphatic carbocycles. The molecule has 1 amide bonds. The van der Waals surface area contributed by atoms with Gasteiger partial charge >= 0.3 is 10.2 Å². The molecular weight excluding hydrogens is 397 g/mol. The molecule has 0 saturated carbocycles. The highest BCUT2D eigenvalue weighted by Crippen LogP contribution is 2.28. The van der Waals surface area contributed by atoms with E-state index < -0.39 is 28.5 Å². The highest BCUT2D eigenvalue weighted by molar-refractivity contribution is 7.90. The number of halogens is 2. The van der Waals surface area contributed by atoms with E-state index in [9.17, 15) is 17.6 Å². The topological polar surface area (TPSA) is 79.0 Å². The average molecular weight is 416 g/mol. The SMILES string of the molecule is COc1ccc(Cl)cc1NC(=O)CN(c1ccccc1F)S(=O)(=O)N(C)C. The number of methoxy groups -OCH3 is 1. The van der Waals surface area contributed by atoms with Crippen molar-refractivity contribution in [3.8, 4) is 5.75 Å². The number of para-hydroxylation sites is 1. The summed E-state index contributed by atoms with van der Waals surface area (Å²) in [5.41, 5.74) is 0.0325. The molecule has 1 N–H and O–H groups in total. The van der Waals surface area contributed by atoms with Gasteiger partial charge in [0.05, 0.1) is 18.5 Å². The predicted octanol–water partition coefficient (Wildman–Crippen LogP) is 2.74. The first-order chi connectivity index (χ1) is 12.7. The molecule has 0 aliphatic heterocycles. The van der Waals surface area contributed by atoms with Crippen molar-refractivity contribution < 1.29 is 22.3 Å². The lowest BCUT2D eigenvalue weighted by atomic mass is 10.3. The molecular formula is C17H19ClFN3O4S. The fourth-order valence-corrected chi connectivity index (χ4v) is 3.48. The minimum Gasteiger partial charge on any atom is -0.495 e. The quantitative estimate of drug-likeness (QED) is 0.754. The summed E-state index contributed by atoms with van der Waals surface area (Å²) in [6.45, 7) is -0.642. The summed E-state index contributed by atoms with van der Waals surface area (Å²) < 4.78 is 46.1. The van der Waals surface area contributed by atoms with Gasteiger partial charge in [-0.3, -0.25) is 4.79 Å². The van der Waals surface area contributed by atoms with Crippen LogP contribution in [0.4, 0.5) is 15.8 Å². The van der Waals surface area contributed by atoms with Crippen molar-refractivity contribution >= 4 is 39.1 Å². The summed E-state index contributed by atoms with van der Waals surface area (Å²) in [6.07, 6.45) is 0. The average Bonchev–Trinajstić information content (AvgIpc) is 2.60. The minimum atomic E-state index is -4.12. The van der Waals surface area contributed by atoms with Crippen LogP contribution in [0.1, 0.15) is 0 Å². The van der Waals surface area contributed by atoms with Gasteiger partial charge in [0.25, 0.3) is 0 Å². The third-order valence-corrected chi connectivity index (χ3v) is 5.62.